The molecule has 10 heteroatoms. The number of carbonyl (C=O) groups is 2. The number of aromatic nitrogens is 1. The van der Waals surface area contributed by atoms with Gasteiger partial charge in [-0.1, -0.05) is 12.7 Å². The lowest BCUT2D eigenvalue weighted by Gasteiger charge is -2.33. The fourth-order valence-electron chi connectivity index (χ4n) is 4.11. The largest absolute Gasteiger partial charge is 0.460 e. The number of nitriles is 1. The zero-order valence-electron chi connectivity index (χ0n) is 20.0. The molecule has 0 spiro atoms. The Labute approximate surface area is 206 Å². The molecule has 9 nitrogen and oxygen atoms in total. The van der Waals surface area contributed by atoms with Gasteiger partial charge in [-0.05, 0) is 26.5 Å². The third kappa shape index (κ3) is 6.64. The van der Waals surface area contributed by atoms with E-state index in [4.69, 9.17) is 4.74 Å². The number of hydrogen-bond donors (Lipinski definition) is 1. The van der Waals surface area contributed by atoms with Crippen LogP contribution >= 0.6 is 11.8 Å². The number of hydrogen-bond acceptors (Lipinski definition) is 9. The van der Waals surface area contributed by atoms with Crippen LogP contribution < -0.4 is 10.2 Å². The lowest BCUT2D eigenvalue weighted by Crippen LogP contribution is -2.44. The van der Waals surface area contributed by atoms with Crippen LogP contribution in [0.25, 0.3) is 0 Å². The maximum absolute atomic E-state index is 12.9. The Morgan fingerprint density at radius 2 is 2.21 bits per heavy atom. The fourth-order valence-corrected chi connectivity index (χ4v) is 5.70. The molecule has 1 N–H and O–H groups in total. The van der Waals surface area contributed by atoms with Crippen molar-refractivity contribution in [2.24, 2.45) is 5.92 Å². The molecule has 2 aliphatic rings. The van der Waals surface area contributed by atoms with Gasteiger partial charge < -0.3 is 24.8 Å². The van der Waals surface area contributed by atoms with E-state index in [1.165, 1.54) is 17.8 Å². The Morgan fingerprint density at radius 3 is 2.88 bits per heavy atom. The van der Waals surface area contributed by atoms with E-state index in [0.717, 1.165) is 37.7 Å². The summed E-state index contributed by atoms with van der Waals surface area (Å²) in [5, 5.41) is 12.4. The molecule has 1 amide bonds. The van der Waals surface area contributed by atoms with Gasteiger partial charge in [0.05, 0.1) is 16.7 Å². The molecule has 0 saturated carbocycles. The van der Waals surface area contributed by atoms with Crippen LogP contribution in [-0.2, 0) is 14.3 Å². The van der Waals surface area contributed by atoms with Gasteiger partial charge in [-0.15, -0.1) is 11.8 Å². The van der Waals surface area contributed by atoms with E-state index in [9.17, 15) is 14.9 Å². The van der Waals surface area contributed by atoms with E-state index >= 15 is 0 Å². The van der Waals surface area contributed by atoms with Gasteiger partial charge in [0.15, 0.2) is 0 Å². The zero-order valence-corrected chi connectivity index (χ0v) is 20.8. The number of carbonyl (C=O) groups excluding carboxylic acids is 2. The summed E-state index contributed by atoms with van der Waals surface area (Å²) in [4.78, 5) is 36.0. The second-order valence-corrected chi connectivity index (χ2v) is 9.83. The first kappa shape index (κ1) is 25.8. The first-order chi connectivity index (χ1) is 16.5. The van der Waals surface area contributed by atoms with Crippen molar-refractivity contribution in [3.05, 3.63) is 31.0 Å². The predicted molar refractivity (Wildman–Crippen MR) is 134 cm³/mol. The Balaban J connectivity index is 1.52. The highest BCUT2D eigenvalue weighted by Crippen LogP contribution is 2.37. The number of nitrogens with one attached hydrogen (secondary N) is 1. The Bertz CT molecular complexity index is 899. The first-order valence-corrected chi connectivity index (χ1v) is 12.7. The quantitative estimate of drug-likeness (QED) is 0.372. The van der Waals surface area contributed by atoms with E-state index in [2.05, 4.69) is 39.8 Å². The highest BCUT2D eigenvalue weighted by atomic mass is 32.2. The number of esters is 1. The van der Waals surface area contributed by atoms with E-state index < -0.39 is 11.9 Å². The molecular formula is C24H34N6O3S. The third-order valence-electron chi connectivity index (χ3n) is 6.10. The second kappa shape index (κ2) is 12.6. The van der Waals surface area contributed by atoms with Gasteiger partial charge >= 0.3 is 5.97 Å². The Hall–Kier alpha value is -2.77. The number of likely N-dealkylation sites (N-methyl/N-ethyl adjacent to an activating group) is 1. The van der Waals surface area contributed by atoms with Crippen molar-refractivity contribution in [3.8, 4) is 6.07 Å². The third-order valence-corrected chi connectivity index (χ3v) is 7.62. The van der Waals surface area contributed by atoms with Crippen molar-refractivity contribution in [2.75, 3.05) is 63.1 Å². The van der Waals surface area contributed by atoms with Crippen molar-refractivity contribution in [1.82, 2.24) is 14.8 Å². The molecule has 0 radical (unpaired) electrons. The lowest BCUT2D eigenvalue weighted by molar-refractivity contribution is -0.146. The Kier molecular flexibility index (Phi) is 9.60. The minimum absolute atomic E-state index is 0.0586. The molecule has 0 bridgehead atoms. The van der Waals surface area contributed by atoms with Crippen LogP contribution in [0.5, 0.6) is 0 Å². The SMILES string of the molecule is C=CCOC(=O)C(C#N)CC1SC(CCNc2ccnc(N3CCN(C)CC3)c2)C(=O)N1CC. The van der Waals surface area contributed by atoms with Crippen LogP contribution in [0.2, 0.25) is 0 Å². The summed E-state index contributed by atoms with van der Waals surface area (Å²) >= 11 is 1.53. The van der Waals surface area contributed by atoms with Crippen molar-refractivity contribution in [2.45, 2.75) is 30.4 Å². The van der Waals surface area contributed by atoms with Gasteiger partial charge in [-0.3, -0.25) is 9.59 Å². The van der Waals surface area contributed by atoms with Crippen molar-refractivity contribution < 1.29 is 14.3 Å². The van der Waals surface area contributed by atoms with Crippen LogP contribution in [0.4, 0.5) is 11.5 Å². The number of nitrogens with zero attached hydrogens (tertiary/aromatic N) is 5. The summed E-state index contributed by atoms with van der Waals surface area (Å²) in [7, 11) is 2.13. The number of thioether (sulfide) groups is 1. The molecule has 2 fully saturated rings. The average Bonchev–Trinajstić information content (AvgIpc) is 3.15. The van der Waals surface area contributed by atoms with Crippen LogP contribution in [0.1, 0.15) is 19.8 Å². The smallest absolute Gasteiger partial charge is 0.323 e. The summed E-state index contributed by atoms with van der Waals surface area (Å²) in [6, 6.07) is 6.03. The van der Waals surface area contributed by atoms with Gasteiger partial charge in [-0.2, -0.15) is 5.26 Å². The number of rotatable bonds is 11. The molecule has 2 saturated heterocycles. The average molecular weight is 487 g/mol. The normalized spacial score (nSPS) is 21.7. The molecule has 0 aromatic carbocycles. The fraction of sp³-hybridized carbons (Fsp3) is 0.583. The summed E-state index contributed by atoms with van der Waals surface area (Å²) in [6.07, 6.45) is 4.20. The van der Waals surface area contributed by atoms with Crippen LogP contribution in [0.3, 0.4) is 0 Å². The van der Waals surface area contributed by atoms with Crippen molar-refractivity contribution >= 4 is 35.1 Å². The van der Waals surface area contributed by atoms with Crippen LogP contribution in [0.15, 0.2) is 31.0 Å². The van der Waals surface area contributed by atoms with Crippen molar-refractivity contribution in [1.29, 1.82) is 5.26 Å². The van der Waals surface area contributed by atoms with Crippen molar-refractivity contribution in [3.63, 3.8) is 0 Å². The molecular weight excluding hydrogens is 452 g/mol. The first-order valence-electron chi connectivity index (χ1n) is 11.7. The molecule has 1 aromatic rings. The molecule has 34 heavy (non-hydrogen) atoms. The molecule has 0 aliphatic carbocycles. The topological polar surface area (TPSA) is 102 Å². The number of piperazine rings is 1. The summed E-state index contributed by atoms with van der Waals surface area (Å²) < 4.78 is 5.04. The predicted octanol–water partition coefficient (Wildman–Crippen LogP) is 2.18. The number of anilines is 2. The van der Waals surface area contributed by atoms with Crippen LogP contribution in [-0.4, -0.2) is 90.2 Å². The number of ether oxygens (including phenoxy) is 1. The molecule has 2 aliphatic heterocycles. The standard InChI is InChI=1S/C24H34N6O3S/c1-4-14-33-24(32)18(17-25)15-22-30(5-2)23(31)20(34-22)7-9-26-19-6-8-27-21(16-19)29-12-10-28(3)11-13-29/h4,6,8,16,18,20,22H,1,5,7,9-15H2,2-3H3,(H,26,27). The zero-order chi connectivity index (χ0) is 24.5. The van der Waals surface area contributed by atoms with Gasteiger partial charge in [0.2, 0.25) is 5.91 Å². The minimum Gasteiger partial charge on any atom is -0.460 e. The van der Waals surface area contributed by atoms with Crippen LogP contribution in [0, 0.1) is 17.2 Å². The molecule has 3 heterocycles. The van der Waals surface area contributed by atoms with E-state index in [1.54, 1.807) is 4.90 Å². The maximum atomic E-state index is 12.9. The number of amides is 1. The van der Waals surface area contributed by atoms with E-state index in [1.807, 2.05) is 25.3 Å². The molecule has 3 atom stereocenters. The van der Waals surface area contributed by atoms with Gasteiger partial charge in [-0.25, -0.2) is 4.98 Å². The number of pyridine rings is 1. The van der Waals surface area contributed by atoms with E-state index in [-0.39, 0.29) is 29.6 Å². The highest BCUT2D eigenvalue weighted by molar-refractivity contribution is 8.01. The highest BCUT2D eigenvalue weighted by Gasteiger charge is 2.41. The lowest BCUT2D eigenvalue weighted by atomic mass is 10.1. The monoisotopic (exact) mass is 486 g/mol. The van der Waals surface area contributed by atoms with Gasteiger partial charge in [0.1, 0.15) is 18.3 Å². The summed E-state index contributed by atoms with van der Waals surface area (Å²) in [6.45, 7) is 10.7. The second-order valence-electron chi connectivity index (χ2n) is 8.45. The van der Waals surface area contributed by atoms with Gasteiger partial charge in [0, 0.05) is 63.6 Å². The minimum atomic E-state index is -0.902. The summed E-state index contributed by atoms with van der Waals surface area (Å²) in [5.74, 6) is -0.442. The molecule has 3 unspecified atom stereocenters. The van der Waals surface area contributed by atoms with Gasteiger partial charge in [0.25, 0.3) is 0 Å². The maximum Gasteiger partial charge on any atom is 0.323 e. The Morgan fingerprint density at radius 1 is 1.44 bits per heavy atom. The molecule has 184 valence electrons. The molecule has 3 rings (SSSR count). The molecule has 1 aromatic heterocycles. The van der Waals surface area contributed by atoms with E-state index in [0.29, 0.717) is 19.5 Å². The summed E-state index contributed by atoms with van der Waals surface area (Å²) in [5.41, 5.74) is 0.984.